The van der Waals surface area contributed by atoms with Crippen LogP contribution >= 0.6 is 0 Å². The predicted octanol–water partition coefficient (Wildman–Crippen LogP) is 3.06. The third kappa shape index (κ3) is 2.93. The fourth-order valence-electron chi connectivity index (χ4n) is 2.07. The number of benzene rings is 2. The number of hydrogen-bond donors (Lipinski definition) is 1. The van der Waals surface area contributed by atoms with E-state index < -0.39 is 0 Å². The van der Waals surface area contributed by atoms with E-state index in [4.69, 9.17) is 10.00 Å². The Balaban J connectivity index is 1.81. The summed E-state index contributed by atoms with van der Waals surface area (Å²) in [5, 5.41) is 11.5. The van der Waals surface area contributed by atoms with Crippen LogP contribution in [-0.2, 0) is 4.79 Å². The first-order valence-electron chi connectivity index (χ1n) is 6.49. The summed E-state index contributed by atoms with van der Waals surface area (Å²) in [5.74, 6) is 0.542. The van der Waals surface area contributed by atoms with Crippen molar-refractivity contribution < 1.29 is 9.53 Å². The minimum atomic E-state index is -0.143. The van der Waals surface area contributed by atoms with Crippen LogP contribution in [0.15, 0.2) is 42.5 Å². The Morgan fingerprint density at radius 2 is 1.81 bits per heavy atom. The summed E-state index contributed by atoms with van der Waals surface area (Å²) in [6.07, 6.45) is 3.90. The number of carbonyl (C=O) groups excluding carboxylic acids is 1. The second kappa shape index (κ2) is 5.51. The van der Waals surface area contributed by atoms with Gasteiger partial charge in [0.1, 0.15) is 5.75 Å². The Bertz CT molecular complexity index is 755. The number of anilines is 1. The zero-order chi connectivity index (χ0) is 14.7. The quantitative estimate of drug-likeness (QED) is 0.857. The summed E-state index contributed by atoms with van der Waals surface area (Å²) in [6, 6.07) is 15.1. The number of amides is 1. The molecule has 1 aliphatic heterocycles. The second-order valence-corrected chi connectivity index (χ2v) is 4.66. The average molecular weight is 276 g/mol. The lowest BCUT2D eigenvalue weighted by molar-refractivity contribution is -0.118. The molecule has 1 N–H and O–H groups in total. The molecule has 1 heterocycles. The fourth-order valence-corrected chi connectivity index (χ4v) is 2.07. The molecule has 3 rings (SSSR count). The molecule has 0 atom stereocenters. The van der Waals surface area contributed by atoms with Crippen molar-refractivity contribution in [3.8, 4) is 11.8 Å². The lowest BCUT2D eigenvalue weighted by Crippen LogP contribution is -2.25. The zero-order valence-corrected chi connectivity index (χ0v) is 11.2. The van der Waals surface area contributed by atoms with E-state index in [-0.39, 0.29) is 12.5 Å². The molecule has 0 unspecified atom stereocenters. The summed E-state index contributed by atoms with van der Waals surface area (Å²) in [6.45, 7) is 0.0629. The van der Waals surface area contributed by atoms with Crippen LogP contribution in [0.25, 0.3) is 12.2 Å². The zero-order valence-electron chi connectivity index (χ0n) is 11.2. The van der Waals surface area contributed by atoms with E-state index >= 15 is 0 Å². The molecule has 0 saturated heterocycles. The molecule has 0 fully saturated rings. The molecule has 0 radical (unpaired) electrons. The molecule has 0 aliphatic carbocycles. The fraction of sp³-hybridized carbons (Fsp3) is 0.0588. The predicted molar refractivity (Wildman–Crippen MR) is 80.7 cm³/mol. The molecule has 2 aromatic rings. The van der Waals surface area contributed by atoms with E-state index in [1.807, 2.05) is 42.5 Å². The van der Waals surface area contributed by atoms with Gasteiger partial charge in [0.15, 0.2) is 6.61 Å². The van der Waals surface area contributed by atoms with E-state index in [9.17, 15) is 4.79 Å². The smallest absolute Gasteiger partial charge is 0.262 e. The number of rotatable bonds is 2. The SMILES string of the molecule is N#Cc1ccc(/C=C/c2ccc3c(c2)NC(=O)CO3)cc1. The minimum absolute atomic E-state index is 0.0629. The van der Waals surface area contributed by atoms with Crippen molar-refractivity contribution in [1.82, 2.24) is 0 Å². The lowest BCUT2D eigenvalue weighted by atomic mass is 10.1. The number of hydrogen-bond acceptors (Lipinski definition) is 3. The van der Waals surface area contributed by atoms with Gasteiger partial charge in [0.2, 0.25) is 0 Å². The number of ether oxygens (including phenoxy) is 1. The number of fused-ring (bicyclic) bond motifs is 1. The standard InChI is InChI=1S/C17H12N2O2/c18-10-14-5-2-12(3-6-14)1-4-13-7-8-16-15(9-13)19-17(20)11-21-16/h1-9H,11H2,(H,19,20)/b4-1+. The van der Waals surface area contributed by atoms with Crippen molar-refractivity contribution in [2.45, 2.75) is 0 Å². The highest BCUT2D eigenvalue weighted by molar-refractivity contribution is 5.95. The van der Waals surface area contributed by atoms with Crippen molar-refractivity contribution in [3.63, 3.8) is 0 Å². The Morgan fingerprint density at radius 1 is 1.10 bits per heavy atom. The van der Waals surface area contributed by atoms with E-state index in [0.29, 0.717) is 17.0 Å². The molecule has 2 aromatic carbocycles. The lowest BCUT2D eigenvalue weighted by Gasteiger charge is -2.17. The van der Waals surface area contributed by atoms with Gasteiger partial charge >= 0.3 is 0 Å². The van der Waals surface area contributed by atoms with E-state index in [1.54, 1.807) is 12.1 Å². The molecular formula is C17H12N2O2. The van der Waals surface area contributed by atoms with E-state index in [2.05, 4.69) is 11.4 Å². The Hall–Kier alpha value is -3.06. The van der Waals surface area contributed by atoms with Crippen LogP contribution in [0.1, 0.15) is 16.7 Å². The number of carbonyl (C=O) groups is 1. The van der Waals surface area contributed by atoms with Gasteiger partial charge in [-0.1, -0.05) is 30.4 Å². The molecule has 1 amide bonds. The summed E-state index contributed by atoms with van der Waals surface area (Å²) < 4.78 is 5.31. The first kappa shape index (κ1) is 12.9. The molecule has 0 bridgehead atoms. The molecule has 0 saturated carbocycles. The van der Waals surface area contributed by atoms with Gasteiger partial charge in [-0.2, -0.15) is 5.26 Å². The third-order valence-electron chi connectivity index (χ3n) is 3.14. The summed E-state index contributed by atoms with van der Waals surface area (Å²) in [5.41, 5.74) is 3.30. The topological polar surface area (TPSA) is 62.1 Å². The maximum atomic E-state index is 11.3. The summed E-state index contributed by atoms with van der Waals surface area (Å²) in [4.78, 5) is 11.3. The highest BCUT2D eigenvalue weighted by Gasteiger charge is 2.15. The first-order chi connectivity index (χ1) is 10.2. The molecule has 1 aliphatic rings. The van der Waals surface area contributed by atoms with Crippen LogP contribution < -0.4 is 10.1 Å². The van der Waals surface area contributed by atoms with Gasteiger partial charge in [0.05, 0.1) is 17.3 Å². The molecule has 4 heteroatoms. The van der Waals surface area contributed by atoms with Crippen molar-refractivity contribution >= 4 is 23.7 Å². The normalized spacial score (nSPS) is 13.2. The molecule has 4 nitrogen and oxygen atoms in total. The van der Waals surface area contributed by atoms with Gasteiger partial charge in [0, 0.05) is 0 Å². The Morgan fingerprint density at radius 3 is 2.57 bits per heavy atom. The van der Waals surface area contributed by atoms with Crippen molar-refractivity contribution in [1.29, 1.82) is 5.26 Å². The number of nitrogens with zero attached hydrogens (tertiary/aromatic N) is 1. The van der Waals surface area contributed by atoms with Crippen LogP contribution in [-0.4, -0.2) is 12.5 Å². The Labute approximate surface area is 122 Å². The maximum Gasteiger partial charge on any atom is 0.262 e. The van der Waals surface area contributed by atoms with Crippen LogP contribution in [0.3, 0.4) is 0 Å². The summed E-state index contributed by atoms with van der Waals surface area (Å²) >= 11 is 0. The molecule has 102 valence electrons. The van der Waals surface area contributed by atoms with Gasteiger partial charge in [0.25, 0.3) is 5.91 Å². The third-order valence-corrected chi connectivity index (χ3v) is 3.14. The minimum Gasteiger partial charge on any atom is -0.482 e. The number of nitriles is 1. The second-order valence-electron chi connectivity index (χ2n) is 4.66. The van der Waals surface area contributed by atoms with Crippen LogP contribution in [0.5, 0.6) is 5.75 Å². The van der Waals surface area contributed by atoms with Crippen LogP contribution in [0, 0.1) is 11.3 Å². The number of nitrogens with one attached hydrogen (secondary N) is 1. The van der Waals surface area contributed by atoms with Crippen molar-refractivity contribution in [2.75, 3.05) is 11.9 Å². The highest BCUT2D eigenvalue weighted by atomic mass is 16.5. The summed E-state index contributed by atoms with van der Waals surface area (Å²) in [7, 11) is 0. The maximum absolute atomic E-state index is 11.3. The van der Waals surface area contributed by atoms with Crippen molar-refractivity contribution in [2.24, 2.45) is 0 Å². The van der Waals surface area contributed by atoms with Gasteiger partial charge in [-0.25, -0.2) is 0 Å². The molecular weight excluding hydrogens is 264 g/mol. The largest absolute Gasteiger partial charge is 0.482 e. The first-order valence-corrected chi connectivity index (χ1v) is 6.49. The van der Waals surface area contributed by atoms with Crippen molar-refractivity contribution in [3.05, 3.63) is 59.2 Å². The monoisotopic (exact) mass is 276 g/mol. The van der Waals surface area contributed by atoms with Crippen LogP contribution in [0.2, 0.25) is 0 Å². The highest BCUT2D eigenvalue weighted by Crippen LogP contribution is 2.29. The molecule has 21 heavy (non-hydrogen) atoms. The molecule has 0 aromatic heterocycles. The van der Waals surface area contributed by atoms with Gasteiger partial charge in [-0.15, -0.1) is 0 Å². The average Bonchev–Trinajstić information content (AvgIpc) is 2.53. The van der Waals surface area contributed by atoms with E-state index in [0.717, 1.165) is 11.1 Å². The Kier molecular flexibility index (Phi) is 3.40. The van der Waals surface area contributed by atoms with Gasteiger partial charge in [-0.05, 0) is 35.4 Å². The van der Waals surface area contributed by atoms with Gasteiger partial charge in [-0.3, -0.25) is 4.79 Å². The van der Waals surface area contributed by atoms with Crippen LogP contribution in [0.4, 0.5) is 5.69 Å². The van der Waals surface area contributed by atoms with Gasteiger partial charge < -0.3 is 10.1 Å². The van der Waals surface area contributed by atoms with E-state index in [1.165, 1.54) is 0 Å². The molecule has 0 spiro atoms.